The van der Waals surface area contributed by atoms with Gasteiger partial charge in [0.05, 0.1) is 12.2 Å². The Morgan fingerprint density at radius 2 is 2.00 bits per heavy atom. The number of thiazole rings is 1. The van der Waals surface area contributed by atoms with Gasteiger partial charge < -0.3 is 5.32 Å². The molecule has 0 aliphatic rings. The lowest BCUT2D eigenvalue weighted by atomic mass is 10.1. The fraction of sp³-hybridized carbons (Fsp3) is 0.222. The average Bonchev–Trinajstić information content (AvgIpc) is 2.96. The number of benzene rings is 1. The van der Waals surface area contributed by atoms with Crippen molar-refractivity contribution in [2.75, 3.05) is 0 Å². The highest BCUT2D eigenvalue weighted by Gasteiger charge is 2.12. The summed E-state index contributed by atoms with van der Waals surface area (Å²) in [4.78, 5) is 29.3. The third-order valence-corrected chi connectivity index (χ3v) is 4.98. The SMILES string of the molecule is Cc1ccccc1-c1nc(C)c(CNC(=O)Cn2ncccc2=O)s1. The van der Waals surface area contributed by atoms with Crippen LogP contribution in [0.4, 0.5) is 0 Å². The molecule has 0 aliphatic carbocycles. The molecule has 0 fully saturated rings. The van der Waals surface area contributed by atoms with Gasteiger partial charge in [-0.1, -0.05) is 24.3 Å². The van der Waals surface area contributed by atoms with Crippen molar-refractivity contribution >= 4 is 17.2 Å². The molecule has 2 aromatic heterocycles. The molecular weight excluding hydrogens is 336 g/mol. The summed E-state index contributed by atoms with van der Waals surface area (Å²) in [6.07, 6.45) is 1.48. The average molecular weight is 354 g/mol. The first kappa shape index (κ1) is 17.0. The monoisotopic (exact) mass is 354 g/mol. The standard InChI is InChI=1S/C18H18N4O2S/c1-12-6-3-4-7-14(12)18-21-13(2)15(25-18)10-19-16(23)11-22-17(24)8-5-9-20-22/h3-9H,10-11H2,1-2H3,(H,19,23). The minimum absolute atomic E-state index is 0.0951. The summed E-state index contributed by atoms with van der Waals surface area (Å²) in [5, 5.41) is 7.65. The molecule has 0 atom stereocenters. The molecule has 128 valence electrons. The fourth-order valence-electron chi connectivity index (χ4n) is 2.40. The van der Waals surface area contributed by atoms with E-state index in [0.29, 0.717) is 6.54 Å². The molecule has 0 radical (unpaired) electrons. The van der Waals surface area contributed by atoms with Crippen molar-refractivity contribution in [2.24, 2.45) is 0 Å². The van der Waals surface area contributed by atoms with Crippen molar-refractivity contribution in [1.82, 2.24) is 20.1 Å². The van der Waals surface area contributed by atoms with Gasteiger partial charge in [-0.15, -0.1) is 11.3 Å². The Morgan fingerprint density at radius 3 is 2.76 bits per heavy atom. The Morgan fingerprint density at radius 1 is 1.20 bits per heavy atom. The fourth-order valence-corrected chi connectivity index (χ4v) is 3.49. The molecule has 0 aliphatic heterocycles. The van der Waals surface area contributed by atoms with Crippen LogP contribution < -0.4 is 10.9 Å². The van der Waals surface area contributed by atoms with Crippen LogP contribution in [0.2, 0.25) is 0 Å². The summed E-state index contributed by atoms with van der Waals surface area (Å²) in [6, 6.07) is 11.0. The summed E-state index contributed by atoms with van der Waals surface area (Å²) >= 11 is 1.57. The first-order chi connectivity index (χ1) is 12.0. The van der Waals surface area contributed by atoms with Gasteiger partial charge >= 0.3 is 0 Å². The van der Waals surface area contributed by atoms with E-state index in [4.69, 9.17) is 0 Å². The number of carbonyl (C=O) groups excluding carboxylic acids is 1. The smallest absolute Gasteiger partial charge is 0.267 e. The van der Waals surface area contributed by atoms with Gasteiger partial charge in [0.2, 0.25) is 5.91 Å². The normalized spacial score (nSPS) is 10.6. The van der Waals surface area contributed by atoms with E-state index in [9.17, 15) is 9.59 Å². The van der Waals surface area contributed by atoms with Gasteiger partial charge in [0.1, 0.15) is 11.6 Å². The summed E-state index contributed by atoms with van der Waals surface area (Å²) in [7, 11) is 0. The third kappa shape index (κ3) is 4.00. The van der Waals surface area contributed by atoms with Crippen LogP contribution in [0.3, 0.4) is 0 Å². The van der Waals surface area contributed by atoms with Gasteiger partial charge in [0, 0.05) is 22.7 Å². The van der Waals surface area contributed by atoms with E-state index in [-0.39, 0.29) is 18.0 Å². The number of aryl methyl sites for hydroxylation is 2. The molecule has 0 saturated heterocycles. The van der Waals surface area contributed by atoms with Crippen LogP contribution in [0.15, 0.2) is 47.4 Å². The minimum Gasteiger partial charge on any atom is -0.350 e. The highest BCUT2D eigenvalue weighted by atomic mass is 32.1. The summed E-state index contributed by atoms with van der Waals surface area (Å²) in [6.45, 7) is 4.28. The Balaban J connectivity index is 1.68. The molecular formula is C18H18N4O2S. The van der Waals surface area contributed by atoms with Crippen LogP contribution >= 0.6 is 11.3 Å². The molecule has 0 unspecified atom stereocenters. The summed E-state index contributed by atoms with van der Waals surface area (Å²) < 4.78 is 1.13. The molecule has 0 spiro atoms. The van der Waals surface area contributed by atoms with Crippen molar-refractivity contribution < 1.29 is 4.79 Å². The van der Waals surface area contributed by atoms with Gasteiger partial charge in [-0.25, -0.2) is 9.67 Å². The topological polar surface area (TPSA) is 76.9 Å². The number of nitrogens with zero attached hydrogens (tertiary/aromatic N) is 3. The van der Waals surface area contributed by atoms with Crippen molar-refractivity contribution in [3.63, 3.8) is 0 Å². The van der Waals surface area contributed by atoms with Gasteiger partial charge in [-0.3, -0.25) is 9.59 Å². The van der Waals surface area contributed by atoms with Crippen LogP contribution in [0.1, 0.15) is 16.1 Å². The number of aromatic nitrogens is 3. The molecule has 3 aromatic rings. The number of hydrogen-bond acceptors (Lipinski definition) is 5. The highest BCUT2D eigenvalue weighted by molar-refractivity contribution is 7.15. The molecule has 1 aromatic carbocycles. The summed E-state index contributed by atoms with van der Waals surface area (Å²) in [5.41, 5.74) is 2.88. The van der Waals surface area contributed by atoms with E-state index in [1.807, 2.05) is 25.1 Å². The lowest BCUT2D eigenvalue weighted by Gasteiger charge is -2.05. The number of nitrogens with one attached hydrogen (secondary N) is 1. The van der Waals surface area contributed by atoms with Crippen LogP contribution in [0, 0.1) is 13.8 Å². The van der Waals surface area contributed by atoms with Gasteiger partial charge in [-0.05, 0) is 25.5 Å². The molecule has 0 saturated carbocycles. The van der Waals surface area contributed by atoms with E-state index >= 15 is 0 Å². The van der Waals surface area contributed by atoms with E-state index in [1.54, 1.807) is 17.4 Å². The Labute approximate surface area is 149 Å². The summed E-state index contributed by atoms with van der Waals surface area (Å²) in [5.74, 6) is -0.258. The lowest BCUT2D eigenvalue weighted by molar-refractivity contribution is -0.122. The van der Waals surface area contributed by atoms with Crippen LogP contribution in [0.5, 0.6) is 0 Å². The van der Waals surface area contributed by atoms with Crippen LogP contribution in [0.25, 0.3) is 10.6 Å². The maximum absolute atomic E-state index is 12.1. The second-order valence-electron chi connectivity index (χ2n) is 5.64. The molecule has 1 amide bonds. The van der Waals surface area contributed by atoms with E-state index in [2.05, 4.69) is 28.4 Å². The second-order valence-corrected chi connectivity index (χ2v) is 6.72. The molecule has 25 heavy (non-hydrogen) atoms. The van der Waals surface area contributed by atoms with E-state index < -0.39 is 0 Å². The predicted octanol–water partition coefficient (Wildman–Crippen LogP) is 2.30. The molecule has 2 heterocycles. The van der Waals surface area contributed by atoms with Crippen LogP contribution in [-0.4, -0.2) is 20.7 Å². The van der Waals surface area contributed by atoms with E-state index in [0.717, 1.165) is 25.8 Å². The first-order valence-corrected chi connectivity index (χ1v) is 8.67. The number of amides is 1. The molecule has 3 rings (SSSR count). The molecule has 7 heteroatoms. The van der Waals surface area contributed by atoms with E-state index in [1.165, 1.54) is 17.8 Å². The lowest BCUT2D eigenvalue weighted by Crippen LogP contribution is -2.32. The molecule has 6 nitrogen and oxygen atoms in total. The largest absolute Gasteiger partial charge is 0.350 e. The predicted molar refractivity (Wildman–Crippen MR) is 97.4 cm³/mol. The van der Waals surface area contributed by atoms with Gasteiger partial charge in [0.15, 0.2) is 0 Å². The maximum atomic E-state index is 12.1. The number of rotatable bonds is 5. The Bertz CT molecular complexity index is 961. The first-order valence-electron chi connectivity index (χ1n) is 7.86. The molecule has 1 N–H and O–H groups in total. The quantitative estimate of drug-likeness (QED) is 0.763. The van der Waals surface area contributed by atoms with Gasteiger partial charge in [0.25, 0.3) is 5.56 Å². The number of carbonyl (C=O) groups is 1. The van der Waals surface area contributed by atoms with Crippen LogP contribution in [-0.2, 0) is 17.9 Å². The van der Waals surface area contributed by atoms with Crippen molar-refractivity contribution in [1.29, 1.82) is 0 Å². The van der Waals surface area contributed by atoms with Gasteiger partial charge in [-0.2, -0.15) is 5.10 Å². The van der Waals surface area contributed by atoms with Crippen molar-refractivity contribution in [2.45, 2.75) is 26.9 Å². The Kier molecular flexibility index (Phi) is 5.04. The van der Waals surface area contributed by atoms with Crippen molar-refractivity contribution in [3.8, 4) is 10.6 Å². The maximum Gasteiger partial charge on any atom is 0.267 e. The zero-order chi connectivity index (χ0) is 17.8. The third-order valence-electron chi connectivity index (χ3n) is 3.79. The number of hydrogen-bond donors (Lipinski definition) is 1. The Hall–Kier alpha value is -2.80. The zero-order valence-electron chi connectivity index (χ0n) is 14.0. The van der Waals surface area contributed by atoms with Crippen molar-refractivity contribution in [3.05, 3.63) is 69.1 Å². The second kappa shape index (κ2) is 7.40. The highest BCUT2D eigenvalue weighted by Crippen LogP contribution is 2.29. The minimum atomic E-state index is -0.298. The molecule has 0 bridgehead atoms. The zero-order valence-corrected chi connectivity index (χ0v) is 14.8.